The number of hydrogen-bond donors (Lipinski definition) is 2. The van der Waals surface area contributed by atoms with Crippen molar-refractivity contribution in [1.82, 2.24) is 19.5 Å². The van der Waals surface area contributed by atoms with E-state index in [1.807, 2.05) is 25.3 Å². The van der Waals surface area contributed by atoms with Gasteiger partial charge in [-0.15, -0.1) is 0 Å². The summed E-state index contributed by atoms with van der Waals surface area (Å²) in [5.74, 6) is 0.849. The first-order valence-electron chi connectivity index (χ1n) is 7.46. The zero-order valence-electron chi connectivity index (χ0n) is 13.3. The molecule has 0 spiro atoms. The van der Waals surface area contributed by atoms with E-state index < -0.39 is 0 Å². The van der Waals surface area contributed by atoms with E-state index in [1.165, 1.54) is 6.33 Å². The van der Waals surface area contributed by atoms with Gasteiger partial charge in [-0.2, -0.15) is 0 Å². The highest BCUT2D eigenvalue weighted by molar-refractivity contribution is 5.85. The number of nitrogens with one attached hydrogen (secondary N) is 1. The molecule has 0 radical (unpaired) electrons. The normalized spacial score (nSPS) is 12.5. The summed E-state index contributed by atoms with van der Waals surface area (Å²) in [5, 5.41) is 12.8. The lowest BCUT2D eigenvalue weighted by molar-refractivity contribution is 0.0272. The number of benzene rings is 1. The van der Waals surface area contributed by atoms with Crippen LogP contribution in [0.15, 0.2) is 30.9 Å². The first kappa shape index (κ1) is 15.2. The number of phenols is 1. The van der Waals surface area contributed by atoms with Crippen LogP contribution in [-0.2, 0) is 4.74 Å². The summed E-state index contributed by atoms with van der Waals surface area (Å²) in [6.07, 6.45) is 3.05. The molecule has 2 aromatic heterocycles. The Labute approximate surface area is 134 Å². The van der Waals surface area contributed by atoms with Gasteiger partial charge >= 0.3 is 0 Å². The van der Waals surface area contributed by atoms with E-state index in [1.54, 1.807) is 24.5 Å². The Morgan fingerprint density at radius 1 is 1.30 bits per heavy atom. The average molecular weight is 313 g/mol. The predicted molar refractivity (Wildman–Crippen MR) is 87.8 cm³/mol. The van der Waals surface area contributed by atoms with Crippen LogP contribution in [-0.4, -0.2) is 31.2 Å². The third kappa shape index (κ3) is 2.95. The summed E-state index contributed by atoms with van der Waals surface area (Å²) >= 11 is 0. The molecule has 120 valence electrons. The van der Waals surface area contributed by atoms with Crippen molar-refractivity contribution in [2.45, 2.75) is 27.0 Å². The second kappa shape index (κ2) is 6.21. The maximum absolute atomic E-state index is 9.51. The van der Waals surface area contributed by atoms with Crippen molar-refractivity contribution >= 4 is 22.7 Å². The summed E-state index contributed by atoms with van der Waals surface area (Å²) < 4.78 is 7.47. The number of anilines is 2. The average Bonchev–Trinajstić information content (AvgIpc) is 2.95. The van der Waals surface area contributed by atoms with E-state index in [-0.39, 0.29) is 12.0 Å². The SMILES string of the molecule is CCOC(C)n1cnc2c(Nc3ccc(O)cc3C)ncnc21. The molecular weight excluding hydrogens is 294 g/mol. The second-order valence-electron chi connectivity index (χ2n) is 5.23. The van der Waals surface area contributed by atoms with E-state index in [9.17, 15) is 5.11 Å². The standard InChI is InChI=1S/C16H19N5O2/c1-4-23-11(3)21-9-19-14-15(17-8-18-16(14)21)20-13-6-5-12(22)7-10(13)2/h5-9,11,22H,4H2,1-3H3,(H,17,18,20). The van der Waals surface area contributed by atoms with Crippen LogP contribution < -0.4 is 5.32 Å². The van der Waals surface area contributed by atoms with Crippen molar-refractivity contribution in [3.8, 4) is 5.75 Å². The lowest BCUT2D eigenvalue weighted by Gasteiger charge is -2.13. The van der Waals surface area contributed by atoms with Crippen molar-refractivity contribution in [2.24, 2.45) is 0 Å². The number of ether oxygens (including phenoxy) is 1. The molecule has 1 unspecified atom stereocenters. The van der Waals surface area contributed by atoms with E-state index >= 15 is 0 Å². The van der Waals surface area contributed by atoms with Gasteiger partial charge in [0.1, 0.15) is 18.3 Å². The molecular formula is C16H19N5O2. The van der Waals surface area contributed by atoms with Gasteiger partial charge in [0.2, 0.25) is 0 Å². The zero-order chi connectivity index (χ0) is 16.4. The molecule has 0 saturated heterocycles. The van der Waals surface area contributed by atoms with Crippen molar-refractivity contribution in [3.05, 3.63) is 36.4 Å². The fraction of sp³-hybridized carbons (Fsp3) is 0.312. The maximum atomic E-state index is 9.51. The van der Waals surface area contributed by atoms with Gasteiger partial charge in [-0.25, -0.2) is 15.0 Å². The molecule has 0 aliphatic carbocycles. The quantitative estimate of drug-likeness (QED) is 0.704. The number of aromatic nitrogens is 4. The Morgan fingerprint density at radius 3 is 2.87 bits per heavy atom. The molecule has 0 bridgehead atoms. The molecule has 2 heterocycles. The monoisotopic (exact) mass is 313 g/mol. The lowest BCUT2D eigenvalue weighted by Crippen LogP contribution is -2.09. The van der Waals surface area contributed by atoms with Gasteiger partial charge in [0.05, 0.1) is 6.33 Å². The van der Waals surface area contributed by atoms with Gasteiger partial charge in [-0.05, 0) is 44.5 Å². The number of aryl methyl sites for hydroxylation is 1. The highest BCUT2D eigenvalue weighted by atomic mass is 16.5. The Morgan fingerprint density at radius 2 is 2.13 bits per heavy atom. The van der Waals surface area contributed by atoms with Crippen LogP contribution in [0.5, 0.6) is 5.75 Å². The zero-order valence-corrected chi connectivity index (χ0v) is 13.3. The number of imidazole rings is 1. The third-order valence-corrected chi connectivity index (χ3v) is 3.62. The van der Waals surface area contributed by atoms with Gasteiger partial charge < -0.3 is 15.2 Å². The van der Waals surface area contributed by atoms with Crippen LogP contribution in [0.2, 0.25) is 0 Å². The van der Waals surface area contributed by atoms with Crippen molar-refractivity contribution < 1.29 is 9.84 Å². The van der Waals surface area contributed by atoms with E-state index in [0.717, 1.165) is 11.3 Å². The molecule has 0 saturated carbocycles. The molecule has 3 aromatic rings. The number of nitrogens with zero attached hydrogens (tertiary/aromatic N) is 4. The Balaban J connectivity index is 1.99. The minimum atomic E-state index is -0.150. The summed E-state index contributed by atoms with van der Waals surface area (Å²) in [7, 11) is 0. The van der Waals surface area contributed by atoms with Crippen LogP contribution >= 0.6 is 0 Å². The minimum Gasteiger partial charge on any atom is -0.508 e. The molecule has 23 heavy (non-hydrogen) atoms. The highest BCUT2D eigenvalue weighted by Crippen LogP contribution is 2.27. The van der Waals surface area contributed by atoms with E-state index in [4.69, 9.17) is 4.74 Å². The summed E-state index contributed by atoms with van der Waals surface area (Å²) in [5.41, 5.74) is 3.15. The number of rotatable bonds is 5. The third-order valence-electron chi connectivity index (χ3n) is 3.62. The molecule has 2 N–H and O–H groups in total. The second-order valence-corrected chi connectivity index (χ2v) is 5.23. The molecule has 1 aromatic carbocycles. The fourth-order valence-corrected chi connectivity index (χ4v) is 2.45. The Bertz CT molecular complexity index is 830. The molecule has 0 fully saturated rings. The van der Waals surface area contributed by atoms with Crippen LogP contribution in [0.1, 0.15) is 25.6 Å². The summed E-state index contributed by atoms with van der Waals surface area (Å²) in [6, 6.07) is 5.12. The molecule has 0 aliphatic heterocycles. The smallest absolute Gasteiger partial charge is 0.167 e. The van der Waals surface area contributed by atoms with Gasteiger partial charge in [0.25, 0.3) is 0 Å². The first-order valence-corrected chi connectivity index (χ1v) is 7.46. The maximum Gasteiger partial charge on any atom is 0.167 e. The van der Waals surface area contributed by atoms with Gasteiger partial charge in [-0.3, -0.25) is 4.57 Å². The van der Waals surface area contributed by atoms with E-state index in [0.29, 0.717) is 23.6 Å². The Kier molecular flexibility index (Phi) is 4.12. The molecule has 0 amide bonds. The highest BCUT2D eigenvalue weighted by Gasteiger charge is 2.14. The molecule has 7 heteroatoms. The predicted octanol–water partition coefficient (Wildman–Crippen LogP) is 3.14. The van der Waals surface area contributed by atoms with Crippen LogP contribution in [0, 0.1) is 6.92 Å². The Hall–Kier alpha value is -2.67. The van der Waals surface area contributed by atoms with Gasteiger partial charge in [-0.1, -0.05) is 0 Å². The van der Waals surface area contributed by atoms with Gasteiger partial charge in [0.15, 0.2) is 17.0 Å². The molecule has 1 atom stereocenters. The number of aromatic hydroxyl groups is 1. The number of hydrogen-bond acceptors (Lipinski definition) is 6. The topological polar surface area (TPSA) is 85.1 Å². The first-order chi connectivity index (χ1) is 11.1. The van der Waals surface area contributed by atoms with E-state index in [2.05, 4.69) is 20.3 Å². The van der Waals surface area contributed by atoms with Crippen LogP contribution in [0.3, 0.4) is 0 Å². The molecule has 0 aliphatic rings. The minimum absolute atomic E-state index is 0.150. The molecule has 3 rings (SSSR count). The molecule has 7 nitrogen and oxygen atoms in total. The fourth-order valence-electron chi connectivity index (χ4n) is 2.45. The van der Waals surface area contributed by atoms with Crippen molar-refractivity contribution in [2.75, 3.05) is 11.9 Å². The summed E-state index contributed by atoms with van der Waals surface area (Å²) in [4.78, 5) is 13.0. The van der Waals surface area contributed by atoms with Crippen LogP contribution in [0.25, 0.3) is 11.2 Å². The van der Waals surface area contributed by atoms with Gasteiger partial charge in [0, 0.05) is 12.3 Å². The largest absolute Gasteiger partial charge is 0.508 e. The van der Waals surface area contributed by atoms with Crippen molar-refractivity contribution in [3.63, 3.8) is 0 Å². The number of phenolic OH excluding ortho intramolecular Hbond substituents is 1. The number of fused-ring (bicyclic) bond motifs is 1. The van der Waals surface area contributed by atoms with Crippen molar-refractivity contribution in [1.29, 1.82) is 0 Å². The van der Waals surface area contributed by atoms with Crippen LogP contribution in [0.4, 0.5) is 11.5 Å². The lowest BCUT2D eigenvalue weighted by atomic mass is 10.2. The summed E-state index contributed by atoms with van der Waals surface area (Å²) in [6.45, 7) is 6.43.